The summed E-state index contributed by atoms with van der Waals surface area (Å²) in [6.45, 7) is 5.67. The Morgan fingerprint density at radius 2 is 2.05 bits per heavy atom. The van der Waals surface area contributed by atoms with E-state index in [0.29, 0.717) is 15.7 Å². The number of anilines is 1. The van der Waals surface area contributed by atoms with Crippen LogP contribution < -0.4 is 10.6 Å². The summed E-state index contributed by atoms with van der Waals surface area (Å²) < 4.78 is 14.9. The summed E-state index contributed by atoms with van der Waals surface area (Å²) in [7, 11) is 4.01. The first-order chi connectivity index (χ1) is 9.29. The molecule has 1 rings (SSSR count). The number of rotatable bonds is 6. The van der Waals surface area contributed by atoms with Crippen molar-refractivity contribution >= 4 is 38.8 Å². The molecule has 112 valence electrons. The average Bonchev–Trinajstić information content (AvgIpc) is 2.34. The summed E-state index contributed by atoms with van der Waals surface area (Å²) in [5.74, 6) is -0.317. The van der Waals surface area contributed by atoms with Crippen molar-refractivity contribution in [3.63, 3.8) is 0 Å². The molecule has 0 heterocycles. The summed E-state index contributed by atoms with van der Waals surface area (Å²) in [5.41, 5.74) is 6.67. The molecule has 3 nitrogen and oxygen atoms in total. The van der Waals surface area contributed by atoms with E-state index >= 15 is 0 Å². The second-order valence-electron chi connectivity index (χ2n) is 5.02. The largest absolute Gasteiger partial charge is 0.389 e. The number of hydrogen-bond acceptors (Lipinski definition) is 3. The molecule has 0 aliphatic rings. The minimum atomic E-state index is -0.317. The maximum atomic E-state index is 14.5. The fourth-order valence-electron chi connectivity index (χ4n) is 2.30. The quantitative estimate of drug-likeness (QED) is 0.789. The first-order valence-corrected chi connectivity index (χ1v) is 7.68. The molecule has 6 heteroatoms. The maximum absolute atomic E-state index is 14.5. The SMILES string of the molecule is CCN(c1ccc(C(N)=S)c(Br)c1F)C(C)CN(C)C. The summed E-state index contributed by atoms with van der Waals surface area (Å²) in [6, 6.07) is 3.70. The molecule has 1 atom stereocenters. The van der Waals surface area contributed by atoms with Crippen molar-refractivity contribution in [3.8, 4) is 0 Å². The van der Waals surface area contributed by atoms with Crippen LogP contribution in [0, 0.1) is 5.82 Å². The number of halogens is 2. The van der Waals surface area contributed by atoms with E-state index in [1.165, 1.54) is 0 Å². The molecular weight excluding hydrogens is 341 g/mol. The zero-order chi connectivity index (χ0) is 15.4. The van der Waals surface area contributed by atoms with Crippen LogP contribution in [0.3, 0.4) is 0 Å². The van der Waals surface area contributed by atoms with Crippen LogP contribution in [0.5, 0.6) is 0 Å². The Morgan fingerprint density at radius 3 is 2.50 bits per heavy atom. The number of thiocarbonyl (C=S) groups is 1. The Hall–Kier alpha value is -0.720. The van der Waals surface area contributed by atoms with Crippen LogP contribution in [0.15, 0.2) is 16.6 Å². The van der Waals surface area contributed by atoms with E-state index in [0.717, 1.165) is 13.1 Å². The third-order valence-corrected chi connectivity index (χ3v) is 4.13. The zero-order valence-electron chi connectivity index (χ0n) is 12.3. The van der Waals surface area contributed by atoms with Gasteiger partial charge in [0.05, 0.1) is 10.2 Å². The second kappa shape index (κ2) is 7.33. The van der Waals surface area contributed by atoms with Gasteiger partial charge in [-0.25, -0.2) is 4.39 Å². The number of nitrogens with two attached hydrogens (primary N) is 1. The summed E-state index contributed by atoms with van der Waals surface area (Å²) in [6.07, 6.45) is 0. The lowest BCUT2D eigenvalue weighted by Crippen LogP contribution is -2.40. The molecule has 0 aromatic heterocycles. The molecule has 0 saturated heterocycles. The highest BCUT2D eigenvalue weighted by Gasteiger charge is 2.20. The molecule has 1 aromatic rings. The van der Waals surface area contributed by atoms with Crippen LogP contribution in [-0.4, -0.2) is 43.1 Å². The van der Waals surface area contributed by atoms with E-state index in [-0.39, 0.29) is 16.8 Å². The van der Waals surface area contributed by atoms with Crippen LogP contribution in [0.25, 0.3) is 0 Å². The standard InChI is InChI=1S/C14H21BrFN3S/c1-5-19(9(2)8-18(3)4)11-7-6-10(14(17)20)12(15)13(11)16/h6-7,9H,5,8H2,1-4H3,(H2,17,20). The highest BCUT2D eigenvalue weighted by molar-refractivity contribution is 9.10. The van der Waals surface area contributed by atoms with E-state index in [1.807, 2.05) is 25.9 Å². The summed E-state index contributed by atoms with van der Waals surface area (Å²) in [5, 5.41) is 0. The summed E-state index contributed by atoms with van der Waals surface area (Å²) >= 11 is 8.17. The van der Waals surface area contributed by atoms with Gasteiger partial charge in [-0.05, 0) is 56.0 Å². The third kappa shape index (κ3) is 3.90. The fraction of sp³-hybridized carbons (Fsp3) is 0.500. The molecule has 0 amide bonds. The highest BCUT2D eigenvalue weighted by Crippen LogP contribution is 2.30. The number of hydrogen-bond donors (Lipinski definition) is 1. The van der Waals surface area contributed by atoms with Crippen molar-refractivity contribution in [2.75, 3.05) is 32.1 Å². The van der Waals surface area contributed by atoms with Crippen LogP contribution in [-0.2, 0) is 0 Å². The molecule has 0 aliphatic carbocycles. The van der Waals surface area contributed by atoms with Crippen LogP contribution in [0.4, 0.5) is 10.1 Å². The zero-order valence-corrected chi connectivity index (χ0v) is 14.7. The molecule has 0 radical (unpaired) electrons. The van der Waals surface area contributed by atoms with Crippen molar-refractivity contribution in [2.45, 2.75) is 19.9 Å². The van der Waals surface area contributed by atoms with Crippen molar-refractivity contribution in [1.29, 1.82) is 0 Å². The van der Waals surface area contributed by atoms with E-state index in [1.54, 1.807) is 12.1 Å². The van der Waals surface area contributed by atoms with Crippen LogP contribution in [0.1, 0.15) is 19.4 Å². The van der Waals surface area contributed by atoms with E-state index in [9.17, 15) is 4.39 Å². The minimum Gasteiger partial charge on any atom is -0.389 e. The topological polar surface area (TPSA) is 32.5 Å². The van der Waals surface area contributed by atoms with Crippen molar-refractivity contribution in [2.24, 2.45) is 5.73 Å². The monoisotopic (exact) mass is 361 g/mol. The molecule has 0 spiro atoms. The van der Waals surface area contributed by atoms with Crippen molar-refractivity contribution in [3.05, 3.63) is 28.0 Å². The third-order valence-electron chi connectivity index (χ3n) is 3.14. The smallest absolute Gasteiger partial charge is 0.161 e. The molecule has 0 saturated carbocycles. The molecule has 1 aromatic carbocycles. The molecule has 2 N–H and O–H groups in total. The maximum Gasteiger partial charge on any atom is 0.161 e. The Kier molecular flexibility index (Phi) is 6.36. The number of nitrogens with zero attached hydrogens (tertiary/aromatic N) is 2. The van der Waals surface area contributed by atoms with Crippen LogP contribution in [0.2, 0.25) is 0 Å². The lowest BCUT2D eigenvalue weighted by Gasteiger charge is -2.32. The van der Waals surface area contributed by atoms with Gasteiger partial charge in [0.1, 0.15) is 4.99 Å². The Bertz CT molecular complexity index is 494. The van der Waals surface area contributed by atoms with E-state index < -0.39 is 0 Å². The normalized spacial score (nSPS) is 12.6. The van der Waals surface area contributed by atoms with Gasteiger partial charge in [-0.3, -0.25) is 0 Å². The Balaban J connectivity index is 3.17. The van der Waals surface area contributed by atoms with Gasteiger partial charge in [-0.1, -0.05) is 12.2 Å². The van der Waals surface area contributed by atoms with Crippen LogP contribution >= 0.6 is 28.1 Å². The molecule has 0 fully saturated rings. The van der Waals surface area contributed by atoms with E-state index in [4.69, 9.17) is 18.0 Å². The van der Waals surface area contributed by atoms with Gasteiger partial charge < -0.3 is 15.5 Å². The molecule has 20 heavy (non-hydrogen) atoms. The fourth-order valence-corrected chi connectivity index (χ4v) is 3.15. The first kappa shape index (κ1) is 17.3. The van der Waals surface area contributed by atoms with Crippen molar-refractivity contribution in [1.82, 2.24) is 4.90 Å². The molecule has 0 bridgehead atoms. The predicted octanol–water partition coefficient (Wildman–Crippen LogP) is 3.00. The predicted molar refractivity (Wildman–Crippen MR) is 91.0 cm³/mol. The Labute approximate surface area is 134 Å². The summed E-state index contributed by atoms with van der Waals surface area (Å²) in [4.78, 5) is 4.30. The van der Waals surface area contributed by atoms with Gasteiger partial charge in [0.15, 0.2) is 5.82 Å². The lowest BCUT2D eigenvalue weighted by molar-refractivity contribution is 0.371. The van der Waals surface area contributed by atoms with Gasteiger partial charge in [-0.2, -0.15) is 0 Å². The number of benzene rings is 1. The lowest BCUT2D eigenvalue weighted by atomic mass is 10.1. The average molecular weight is 362 g/mol. The highest BCUT2D eigenvalue weighted by atomic mass is 79.9. The number of likely N-dealkylation sites (N-methyl/N-ethyl adjacent to an activating group) is 2. The molecule has 0 aliphatic heterocycles. The second-order valence-corrected chi connectivity index (χ2v) is 6.25. The van der Waals surface area contributed by atoms with Gasteiger partial charge in [-0.15, -0.1) is 0 Å². The molecule has 1 unspecified atom stereocenters. The Morgan fingerprint density at radius 1 is 1.45 bits per heavy atom. The van der Waals surface area contributed by atoms with Gasteiger partial charge in [0, 0.05) is 24.7 Å². The van der Waals surface area contributed by atoms with E-state index in [2.05, 4.69) is 27.8 Å². The van der Waals surface area contributed by atoms with Crippen molar-refractivity contribution < 1.29 is 4.39 Å². The first-order valence-electron chi connectivity index (χ1n) is 6.48. The van der Waals surface area contributed by atoms with Gasteiger partial charge >= 0.3 is 0 Å². The molecular formula is C14H21BrFN3S. The van der Waals surface area contributed by atoms with Gasteiger partial charge in [0.25, 0.3) is 0 Å². The minimum absolute atomic E-state index is 0.187. The van der Waals surface area contributed by atoms with Gasteiger partial charge in [0.2, 0.25) is 0 Å².